The summed E-state index contributed by atoms with van der Waals surface area (Å²) >= 11 is 0. The summed E-state index contributed by atoms with van der Waals surface area (Å²) in [5, 5.41) is 2.98. The van der Waals surface area contributed by atoms with Gasteiger partial charge in [0.1, 0.15) is 5.82 Å². The summed E-state index contributed by atoms with van der Waals surface area (Å²) in [4.78, 5) is 3.94. The molecule has 0 spiro atoms. The molecular weight excluding hydrogens is 242 g/mol. The van der Waals surface area contributed by atoms with Crippen LogP contribution in [0.15, 0.2) is 18.3 Å². The summed E-state index contributed by atoms with van der Waals surface area (Å²) in [5.74, 6) is 5.75. The molecule has 8 heteroatoms. The minimum Gasteiger partial charge on any atom is -0.384 e. The predicted molar refractivity (Wildman–Crippen MR) is 68.0 cm³/mol. The molecule has 0 saturated heterocycles. The summed E-state index contributed by atoms with van der Waals surface area (Å²) in [7, 11) is -3.19. The van der Waals surface area contributed by atoms with E-state index in [1.54, 1.807) is 25.3 Å². The molecule has 0 saturated carbocycles. The summed E-state index contributed by atoms with van der Waals surface area (Å²) in [5.41, 5.74) is 3.18. The van der Waals surface area contributed by atoms with Crippen LogP contribution in [0.2, 0.25) is 0 Å². The van der Waals surface area contributed by atoms with Crippen LogP contribution in [0.4, 0.5) is 11.5 Å². The number of hydrogen-bond donors (Lipinski definition) is 4. The number of nitrogens with two attached hydrogens (primary N) is 1. The zero-order valence-electron chi connectivity index (χ0n) is 9.60. The van der Waals surface area contributed by atoms with Gasteiger partial charge in [-0.15, -0.1) is 0 Å². The topological polar surface area (TPSA) is 109 Å². The highest BCUT2D eigenvalue weighted by molar-refractivity contribution is 7.89. The van der Waals surface area contributed by atoms with Gasteiger partial charge in [0.2, 0.25) is 10.0 Å². The first-order valence-electron chi connectivity index (χ1n) is 5.21. The molecule has 0 amide bonds. The predicted octanol–water partition coefficient (Wildman–Crippen LogP) is -0.282. The van der Waals surface area contributed by atoms with Crippen LogP contribution in [0.3, 0.4) is 0 Å². The summed E-state index contributed by atoms with van der Waals surface area (Å²) in [6.07, 6.45) is 1.58. The lowest BCUT2D eigenvalue weighted by Gasteiger charge is -2.08. The van der Waals surface area contributed by atoms with Crippen molar-refractivity contribution < 1.29 is 8.42 Å². The Morgan fingerprint density at radius 3 is 2.88 bits per heavy atom. The highest BCUT2D eigenvalue weighted by Crippen LogP contribution is 2.10. The van der Waals surface area contributed by atoms with Crippen molar-refractivity contribution in [2.45, 2.75) is 6.92 Å². The monoisotopic (exact) mass is 259 g/mol. The quantitative estimate of drug-likeness (QED) is 0.396. The Labute approximate surface area is 101 Å². The molecule has 0 atom stereocenters. The highest BCUT2D eigenvalue weighted by atomic mass is 32.2. The Kier molecular flexibility index (Phi) is 5.13. The maximum atomic E-state index is 11.3. The van der Waals surface area contributed by atoms with E-state index in [2.05, 4.69) is 20.4 Å². The number of rotatable bonds is 7. The van der Waals surface area contributed by atoms with Crippen molar-refractivity contribution in [1.29, 1.82) is 0 Å². The van der Waals surface area contributed by atoms with E-state index >= 15 is 0 Å². The number of pyridine rings is 1. The van der Waals surface area contributed by atoms with Crippen molar-refractivity contribution in [2.24, 2.45) is 5.84 Å². The second-order valence-corrected chi connectivity index (χ2v) is 5.24. The SMILES string of the molecule is CCNS(=O)(=O)CCNc1ccnc(NN)c1. The van der Waals surface area contributed by atoms with E-state index in [0.29, 0.717) is 18.9 Å². The molecule has 0 aliphatic rings. The molecule has 1 aromatic rings. The van der Waals surface area contributed by atoms with Gasteiger partial charge >= 0.3 is 0 Å². The number of hydrazine groups is 1. The molecule has 1 aromatic heterocycles. The lowest BCUT2D eigenvalue weighted by atomic mass is 10.4. The number of nitrogens with zero attached hydrogens (tertiary/aromatic N) is 1. The molecule has 7 nitrogen and oxygen atoms in total. The van der Waals surface area contributed by atoms with Gasteiger partial charge in [0.25, 0.3) is 0 Å². The molecule has 0 aliphatic heterocycles. The third-order valence-corrected chi connectivity index (χ3v) is 3.44. The Hall–Kier alpha value is -1.38. The van der Waals surface area contributed by atoms with Crippen molar-refractivity contribution >= 4 is 21.5 Å². The fourth-order valence-electron chi connectivity index (χ4n) is 1.24. The van der Waals surface area contributed by atoms with Crippen LogP contribution in [0.1, 0.15) is 6.92 Å². The molecule has 0 fully saturated rings. The molecule has 5 N–H and O–H groups in total. The average molecular weight is 259 g/mol. The zero-order chi connectivity index (χ0) is 12.7. The third-order valence-electron chi connectivity index (χ3n) is 1.97. The number of nitrogen functional groups attached to an aromatic ring is 1. The summed E-state index contributed by atoms with van der Waals surface area (Å²) < 4.78 is 25.1. The third kappa shape index (κ3) is 4.98. The van der Waals surface area contributed by atoms with Crippen molar-refractivity contribution in [1.82, 2.24) is 9.71 Å². The first-order chi connectivity index (χ1) is 8.07. The van der Waals surface area contributed by atoms with Gasteiger partial charge in [0.05, 0.1) is 5.75 Å². The lowest BCUT2D eigenvalue weighted by Crippen LogP contribution is -2.29. The van der Waals surface area contributed by atoms with Gasteiger partial charge < -0.3 is 10.7 Å². The molecule has 0 bridgehead atoms. The van der Waals surface area contributed by atoms with Gasteiger partial charge in [-0.1, -0.05) is 6.92 Å². The van der Waals surface area contributed by atoms with Crippen molar-refractivity contribution in [2.75, 3.05) is 29.6 Å². The molecular formula is C9H17N5O2S. The van der Waals surface area contributed by atoms with Crippen LogP contribution in [-0.4, -0.2) is 32.2 Å². The summed E-state index contributed by atoms with van der Waals surface area (Å²) in [6, 6.07) is 3.43. The molecule has 17 heavy (non-hydrogen) atoms. The molecule has 1 rings (SSSR count). The Morgan fingerprint density at radius 2 is 2.24 bits per heavy atom. The van der Waals surface area contributed by atoms with E-state index < -0.39 is 10.0 Å². The first-order valence-corrected chi connectivity index (χ1v) is 6.86. The van der Waals surface area contributed by atoms with E-state index in [1.807, 2.05) is 0 Å². The van der Waals surface area contributed by atoms with Gasteiger partial charge in [-0.3, -0.25) is 0 Å². The Bertz CT molecular complexity index is 448. The van der Waals surface area contributed by atoms with E-state index in [1.165, 1.54) is 0 Å². The van der Waals surface area contributed by atoms with Crippen LogP contribution in [0.5, 0.6) is 0 Å². The van der Waals surface area contributed by atoms with Crippen molar-refractivity contribution in [3.8, 4) is 0 Å². The number of sulfonamides is 1. The number of aromatic nitrogens is 1. The van der Waals surface area contributed by atoms with Gasteiger partial charge in [0.15, 0.2) is 0 Å². The zero-order valence-corrected chi connectivity index (χ0v) is 10.4. The fourth-order valence-corrected chi connectivity index (χ4v) is 2.20. The second kappa shape index (κ2) is 6.38. The fraction of sp³-hybridized carbons (Fsp3) is 0.444. The van der Waals surface area contributed by atoms with Gasteiger partial charge in [0, 0.05) is 31.0 Å². The van der Waals surface area contributed by atoms with Crippen LogP contribution >= 0.6 is 0 Å². The Morgan fingerprint density at radius 1 is 1.47 bits per heavy atom. The normalized spacial score (nSPS) is 11.2. The van der Waals surface area contributed by atoms with Crippen molar-refractivity contribution in [3.63, 3.8) is 0 Å². The largest absolute Gasteiger partial charge is 0.384 e. The highest BCUT2D eigenvalue weighted by Gasteiger charge is 2.07. The maximum Gasteiger partial charge on any atom is 0.213 e. The van der Waals surface area contributed by atoms with Crippen LogP contribution < -0.4 is 21.3 Å². The summed E-state index contributed by atoms with van der Waals surface area (Å²) in [6.45, 7) is 2.47. The van der Waals surface area contributed by atoms with E-state index in [4.69, 9.17) is 5.84 Å². The number of anilines is 2. The maximum absolute atomic E-state index is 11.3. The van der Waals surface area contributed by atoms with Gasteiger partial charge in [-0.2, -0.15) is 0 Å². The lowest BCUT2D eigenvalue weighted by molar-refractivity contribution is 0.584. The van der Waals surface area contributed by atoms with Gasteiger partial charge in [-0.05, 0) is 6.07 Å². The van der Waals surface area contributed by atoms with Crippen LogP contribution in [-0.2, 0) is 10.0 Å². The standard InChI is InChI=1S/C9H17N5O2S/c1-2-13-17(15,16)6-5-11-8-3-4-12-9(7-8)14-10/h3-4,7,13H,2,5-6,10H2,1H3,(H2,11,12,14). The molecule has 96 valence electrons. The molecule has 0 radical (unpaired) electrons. The minimum absolute atomic E-state index is 0.0224. The van der Waals surface area contributed by atoms with Crippen LogP contribution in [0.25, 0.3) is 0 Å². The molecule has 1 heterocycles. The van der Waals surface area contributed by atoms with E-state index in [-0.39, 0.29) is 5.75 Å². The number of nitrogens with one attached hydrogen (secondary N) is 3. The number of hydrogen-bond acceptors (Lipinski definition) is 6. The first kappa shape index (κ1) is 13.7. The van der Waals surface area contributed by atoms with Crippen molar-refractivity contribution in [3.05, 3.63) is 18.3 Å². The molecule has 0 aliphatic carbocycles. The second-order valence-electron chi connectivity index (χ2n) is 3.32. The van der Waals surface area contributed by atoms with Gasteiger partial charge in [-0.25, -0.2) is 24.0 Å². The molecule has 0 unspecified atom stereocenters. The average Bonchev–Trinajstić information content (AvgIpc) is 2.29. The van der Waals surface area contributed by atoms with E-state index in [9.17, 15) is 8.42 Å². The smallest absolute Gasteiger partial charge is 0.213 e. The minimum atomic E-state index is -3.19. The van der Waals surface area contributed by atoms with Crippen LogP contribution in [0, 0.1) is 0 Å². The molecule has 0 aromatic carbocycles. The Balaban J connectivity index is 2.45. The van der Waals surface area contributed by atoms with E-state index in [0.717, 1.165) is 5.69 Å².